The zero-order valence-electron chi connectivity index (χ0n) is 16.4. The molecule has 0 N–H and O–H groups in total. The van der Waals surface area contributed by atoms with Crippen molar-refractivity contribution in [2.45, 2.75) is 19.3 Å². The first-order valence-electron chi connectivity index (χ1n) is 10.1. The van der Waals surface area contributed by atoms with Crippen LogP contribution in [-0.4, -0.2) is 42.1 Å². The Morgan fingerprint density at radius 2 is 1.63 bits per heavy atom. The highest BCUT2D eigenvalue weighted by Gasteiger charge is 2.39. The topological polar surface area (TPSA) is 57.7 Å². The molecule has 0 bridgehead atoms. The Morgan fingerprint density at radius 3 is 2.30 bits per heavy atom. The van der Waals surface area contributed by atoms with E-state index in [0.29, 0.717) is 31.5 Å². The van der Waals surface area contributed by atoms with Gasteiger partial charge in [-0.1, -0.05) is 30.3 Å². The van der Waals surface area contributed by atoms with E-state index in [0.717, 1.165) is 12.1 Å². The van der Waals surface area contributed by atoms with E-state index in [-0.39, 0.29) is 42.2 Å². The largest absolute Gasteiger partial charge is 0.342 e. The van der Waals surface area contributed by atoms with Gasteiger partial charge in [-0.15, -0.1) is 0 Å². The minimum atomic E-state index is -0.823. The summed E-state index contributed by atoms with van der Waals surface area (Å²) in [6.45, 7) is 0.985. The number of amides is 2. The maximum absolute atomic E-state index is 14.1. The molecule has 2 fully saturated rings. The summed E-state index contributed by atoms with van der Waals surface area (Å²) < 4.78 is 27.2. The van der Waals surface area contributed by atoms with Gasteiger partial charge in [0, 0.05) is 43.6 Å². The van der Waals surface area contributed by atoms with Gasteiger partial charge < -0.3 is 9.80 Å². The molecule has 2 heterocycles. The number of Topliss-reactive ketones (excluding diaryl/α,β-unsaturated/α-hetero) is 1. The van der Waals surface area contributed by atoms with Gasteiger partial charge in [-0.3, -0.25) is 14.4 Å². The van der Waals surface area contributed by atoms with Crippen LogP contribution in [0.15, 0.2) is 48.5 Å². The highest BCUT2D eigenvalue weighted by Crippen LogP contribution is 2.30. The summed E-state index contributed by atoms with van der Waals surface area (Å²) in [5, 5.41) is 0. The molecular formula is C23H22F2N2O3. The van der Waals surface area contributed by atoms with Crippen molar-refractivity contribution < 1.29 is 23.2 Å². The van der Waals surface area contributed by atoms with E-state index in [9.17, 15) is 23.2 Å². The molecule has 7 heteroatoms. The summed E-state index contributed by atoms with van der Waals surface area (Å²) in [6.07, 6.45) is 1.16. The summed E-state index contributed by atoms with van der Waals surface area (Å²) >= 11 is 0. The van der Waals surface area contributed by atoms with Gasteiger partial charge >= 0.3 is 0 Å². The molecule has 0 radical (unpaired) electrons. The summed E-state index contributed by atoms with van der Waals surface area (Å²) in [5.41, 5.74) is 0.671. The van der Waals surface area contributed by atoms with E-state index in [1.165, 1.54) is 11.0 Å². The van der Waals surface area contributed by atoms with Crippen molar-refractivity contribution in [1.82, 2.24) is 4.90 Å². The van der Waals surface area contributed by atoms with Gasteiger partial charge in [0.1, 0.15) is 11.6 Å². The normalized spacial score (nSPS) is 19.9. The second-order valence-electron chi connectivity index (χ2n) is 7.83. The smallest absolute Gasteiger partial charge is 0.228 e. The van der Waals surface area contributed by atoms with Crippen LogP contribution >= 0.6 is 0 Å². The molecule has 2 saturated heterocycles. The number of anilines is 1. The lowest BCUT2D eigenvalue weighted by Crippen LogP contribution is -2.43. The van der Waals surface area contributed by atoms with Crippen LogP contribution in [0.5, 0.6) is 0 Å². The number of halogens is 2. The van der Waals surface area contributed by atoms with Crippen LogP contribution in [0.4, 0.5) is 14.5 Å². The van der Waals surface area contributed by atoms with Crippen LogP contribution in [0.1, 0.15) is 29.6 Å². The third-order valence-corrected chi connectivity index (χ3v) is 5.91. The van der Waals surface area contributed by atoms with Crippen LogP contribution in [0.2, 0.25) is 0 Å². The molecule has 2 aromatic rings. The number of hydrogen-bond acceptors (Lipinski definition) is 3. The van der Waals surface area contributed by atoms with Crippen LogP contribution < -0.4 is 4.90 Å². The minimum Gasteiger partial charge on any atom is -0.342 e. The van der Waals surface area contributed by atoms with E-state index in [1.54, 1.807) is 17.0 Å². The molecule has 30 heavy (non-hydrogen) atoms. The SMILES string of the molecule is O=C(c1ccccc1)C1CCN(C(=O)C2CC(=O)N(c3ccc(F)cc3F)C2)CC1. The number of carbonyl (C=O) groups is 3. The molecule has 0 aromatic heterocycles. The Morgan fingerprint density at radius 1 is 0.933 bits per heavy atom. The molecule has 4 rings (SSSR count). The molecule has 156 valence electrons. The molecule has 2 aromatic carbocycles. The Balaban J connectivity index is 1.37. The van der Waals surface area contributed by atoms with Gasteiger partial charge in [-0.2, -0.15) is 0 Å². The van der Waals surface area contributed by atoms with Crippen molar-refractivity contribution in [3.05, 3.63) is 65.7 Å². The first-order valence-corrected chi connectivity index (χ1v) is 10.1. The van der Waals surface area contributed by atoms with Crippen molar-refractivity contribution in [3.8, 4) is 0 Å². The Bertz CT molecular complexity index is 972. The number of carbonyl (C=O) groups excluding carboxylic acids is 3. The molecule has 2 aliphatic heterocycles. The first-order chi connectivity index (χ1) is 14.4. The third kappa shape index (κ3) is 3.97. The predicted molar refractivity (Wildman–Crippen MR) is 107 cm³/mol. The molecule has 5 nitrogen and oxygen atoms in total. The van der Waals surface area contributed by atoms with Gasteiger partial charge in [0.15, 0.2) is 5.78 Å². The van der Waals surface area contributed by atoms with Crippen LogP contribution in [0, 0.1) is 23.5 Å². The fraction of sp³-hybridized carbons (Fsp3) is 0.348. The number of nitrogens with zero attached hydrogens (tertiary/aromatic N) is 2. The molecule has 1 atom stereocenters. The lowest BCUT2D eigenvalue weighted by Gasteiger charge is -2.33. The van der Waals surface area contributed by atoms with Gasteiger partial charge in [0.2, 0.25) is 11.8 Å². The van der Waals surface area contributed by atoms with Crippen LogP contribution in [0.25, 0.3) is 0 Å². The van der Waals surface area contributed by atoms with E-state index >= 15 is 0 Å². The van der Waals surface area contributed by atoms with Gasteiger partial charge in [0.25, 0.3) is 0 Å². The zero-order valence-corrected chi connectivity index (χ0v) is 16.4. The van der Waals surface area contributed by atoms with E-state index in [2.05, 4.69) is 0 Å². The average Bonchev–Trinajstić information content (AvgIpc) is 3.15. The minimum absolute atomic E-state index is 0.00146. The number of rotatable bonds is 4. The fourth-order valence-electron chi connectivity index (χ4n) is 4.26. The Labute approximate surface area is 173 Å². The number of benzene rings is 2. The van der Waals surface area contributed by atoms with Gasteiger partial charge in [-0.05, 0) is 25.0 Å². The van der Waals surface area contributed by atoms with Gasteiger partial charge in [-0.25, -0.2) is 8.78 Å². The quantitative estimate of drug-likeness (QED) is 0.723. The van der Waals surface area contributed by atoms with Crippen molar-refractivity contribution in [2.24, 2.45) is 11.8 Å². The van der Waals surface area contributed by atoms with Crippen molar-refractivity contribution >= 4 is 23.3 Å². The second-order valence-corrected chi connectivity index (χ2v) is 7.83. The van der Waals surface area contributed by atoms with E-state index in [1.807, 2.05) is 18.2 Å². The molecular weight excluding hydrogens is 390 g/mol. The Kier molecular flexibility index (Phi) is 5.61. The van der Waals surface area contributed by atoms with E-state index in [4.69, 9.17) is 0 Å². The van der Waals surface area contributed by atoms with Crippen LogP contribution in [-0.2, 0) is 9.59 Å². The lowest BCUT2D eigenvalue weighted by atomic mass is 9.88. The number of likely N-dealkylation sites (tertiary alicyclic amines) is 1. The molecule has 0 aliphatic carbocycles. The summed E-state index contributed by atoms with van der Waals surface area (Å²) in [5.74, 6) is -2.64. The van der Waals surface area contributed by atoms with Crippen molar-refractivity contribution in [2.75, 3.05) is 24.5 Å². The third-order valence-electron chi connectivity index (χ3n) is 5.91. The maximum atomic E-state index is 14.1. The number of hydrogen-bond donors (Lipinski definition) is 0. The molecule has 2 aliphatic rings. The zero-order chi connectivity index (χ0) is 21.3. The highest BCUT2D eigenvalue weighted by atomic mass is 19.1. The highest BCUT2D eigenvalue weighted by molar-refractivity contribution is 6.00. The van der Waals surface area contributed by atoms with Gasteiger partial charge in [0.05, 0.1) is 11.6 Å². The molecule has 0 saturated carbocycles. The monoisotopic (exact) mass is 412 g/mol. The number of piperidine rings is 1. The number of ketones is 1. The summed E-state index contributed by atoms with van der Waals surface area (Å²) in [6, 6.07) is 12.2. The standard InChI is InChI=1S/C23H22F2N2O3/c24-18-6-7-20(19(25)13-18)27-14-17(12-21(27)28)23(30)26-10-8-16(9-11-26)22(29)15-4-2-1-3-5-15/h1-7,13,16-17H,8-12,14H2. The summed E-state index contributed by atoms with van der Waals surface area (Å²) in [7, 11) is 0. The summed E-state index contributed by atoms with van der Waals surface area (Å²) in [4.78, 5) is 40.8. The maximum Gasteiger partial charge on any atom is 0.228 e. The average molecular weight is 412 g/mol. The fourth-order valence-corrected chi connectivity index (χ4v) is 4.26. The first kappa shape index (κ1) is 20.2. The van der Waals surface area contributed by atoms with Crippen molar-refractivity contribution in [3.63, 3.8) is 0 Å². The lowest BCUT2D eigenvalue weighted by molar-refractivity contribution is -0.137. The predicted octanol–water partition coefficient (Wildman–Crippen LogP) is 3.44. The Hall–Kier alpha value is -3.09. The molecule has 2 amide bonds. The van der Waals surface area contributed by atoms with Crippen LogP contribution in [0.3, 0.4) is 0 Å². The second kappa shape index (κ2) is 8.34. The molecule has 0 spiro atoms. The van der Waals surface area contributed by atoms with Crippen molar-refractivity contribution in [1.29, 1.82) is 0 Å². The molecule has 1 unspecified atom stereocenters. The van der Waals surface area contributed by atoms with E-state index < -0.39 is 17.6 Å².